The average Bonchev–Trinajstić information content (AvgIpc) is 2.48. The fourth-order valence-corrected chi connectivity index (χ4v) is 1.67. The smallest absolute Gasteiger partial charge is 0.488 e. The summed E-state index contributed by atoms with van der Waals surface area (Å²) < 4.78 is 36.6. The van der Waals surface area contributed by atoms with Gasteiger partial charge in [-0.1, -0.05) is 18.2 Å². The number of halogens is 2. The second-order valence-electron chi connectivity index (χ2n) is 4.20. The Bertz CT molecular complexity index is 607. The van der Waals surface area contributed by atoms with E-state index in [1.54, 1.807) is 12.1 Å². The van der Waals surface area contributed by atoms with E-state index in [9.17, 15) is 8.78 Å². The fourth-order valence-electron chi connectivity index (χ4n) is 1.67. The molecule has 0 atom stereocenters. The van der Waals surface area contributed by atoms with E-state index in [4.69, 9.17) is 19.5 Å². The highest BCUT2D eigenvalue weighted by atomic mass is 19.2. The second kappa shape index (κ2) is 7.05. The van der Waals surface area contributed by atoms with Crippen LogP contribution >= 0.6 is 0 Å². The van der Waals surface area contributed by atoms with Crippen molar-refractivity contribution in [1.29, 1.82) is 0 Å². The predicted molar refractivity (Wildman–Crippen MR) is 73.6 cm³/mol. The van der Waals surface area contributed by atoms with Crippen molar-refractivity contribution in [1.82, 2.24) is 0 Å². The molecule has 0 unspecified atom stereocenters. The highest BCUT2D eigenvalue weighted by Crippen LogP contribution is 2.18. The first-order valence-corrected chi connectivity index (χ1v) is 6.23. The Hall–Kier alpha value is -2.12. The van der Waals surface area contributed by atoms with Crippen molar-refractivity contribution >= 4 is 12.6 Å². The van der Waals surface area contributed by atoms with Gasteiger partial charge in [0.2, 0.25) is 5.82 Å². The van der Waals surface area contributed by atoms with Crippen molar-refractivity contribution < 1.29 is 28.3 Å². The first kappa shape index (κ1) is 15.3. The maximum absolute atomic E-state index is 13.3. The van der Waals surface area contributed by atoms with Gasteiger partial charge >= 0.3 is 7.12 Å². The molecule has 2 N–H and O–H groups in total. The molecule has 21 heavy (non-hydrogen) atoms. The van der Waals surface area contributed by atoms with Gasteiger partial charge in [0.1, 0.15) is 19.0 Å². The standard InChI is InChI=1S/C14H13BF2O4/c16-12-5-2-6-13(14(12)17)21-8-7-20-11-4-1-3-10(9-11)15(18)19/h1-6,9,18-19H,7-8H2. The lowest BCUT2D eigenvalue weighted by atomic mass is 9.80. The minimum absolute atomic E-state index is 0.0201. The summed E-state index contributed by atoms with van der Waals surface area (Å²) in [6.45, 7) is 0.118. The number of benzene rings is 2. The van der Waals surface area contributed by atoms with Gasteiger partial charge in [-0.05, 0) is 29.7 Å². The Morgan fingerprint density at radius 3 is 2.43 bits per heavy atom. The van der Waals surface area contributed by atoms with Crippen LogP contribution in [0.1, 0.15) is 0 Å². The van der Waals surface area contributed by atoms with Gasteiger partial charge in [0.15, 0.2) is 11.6 Å². The number of hydrogen-bond acceptors (Lipinski definition) is 4. The van der Waals surface area contributed by atoms with Gasteiger partial charge in [-0.25, -0.2) is 4.39 Å². The van der Waals surface area contributed by atoms with E-state index in [1.807, 2.05) is 0 Å². The lowest BCUT2D eigenvalue weighted by Crippen LogP contribution is -2.29. The summed E-state index contributed by atoms with van der Waals surface area (Å²) in [7, 11) is -1.58. The van der Waals surface area contributed by atoms with Crippen molar-refractivity contribution in [3.05, 3.63) is 54.1 Å². The largest absolute Gasteiger partial charge is 0.490 e. The molecule has 0 radical (unpaired) electrons. The van der Waals surface area contributed by atoms with Crippen molar-refractivity contribution in [3.8, 4) is 11.5 Å². The van der Waals surface area contributed by atoms with Gasteiger partial charge in [-0.15, -0.1) is 0 Å². The van der Waals surface area contributed by atoms with Gasteiger partial charge in [0.05, 0.1) is 0 Å². The molecular weight excluding hydrogens is 281 g/mol. The highest BCUT2D eigenvalue weighted by molar-refractivity contribution is 6.58. The Balaban J connectivity index is 1.85. The lowest BCUT2D eigenvalue weighted by Gasteiger charge is -2.10. The molecule has 110 valence electrons. The first-order chi connectivity index (χ1) is 10.1. The zero-order chi connectivity index (χ0) is 15.2. The van der Waals surface area contributed by atoms with Crippen LogP contribution in [0.15, 0.2) is 42.5 Å². The van der Waals surface area contributed by atoms with E-state index in [2.05, 4.69) is 0 Å². The molecule has 2 aromatic rings. The maximum Gasteiger partial charge on any atom is 0.488 e. The number of ether oxygens (including phenoxy) is 2. The molecule has 0 spiro atoms. The Morgan fingerprint density at radius 1 is 0.952 bits per heavy atom. The molecule has 0 aliphatic carbocycles. The third kappa shape index (κ3) is 4.17. The zero-order valence-corrected chi connectivity index (χ0v) is 11.0. The van der Waals surface area contributed by atoms with E-state index in [1.165, 1.54) is 24.3 Å². The van der Waals surface area contributed by atoms with Crippen LogP contribution in [0.4, 0.5) is 8.78 Å². The molecule has 0 saturated carbocycles. The SMILES string of the molecule is OB(O)c1cccc(OCCOc2cccc(F)c2F)c1. The highest BCUT2D eigenvalue weighted by Gasteiger charge is 2.11. The van der Waals surface area contributed by atoms with Crippen molar-refractivity contribution in [2.75, 3.05) is 13.2 Å². The minimum Gasteiger partial charge on any atom is -0.490 e. The molecule has 0 saturated heterocycles. The molecule has 0 aromatic heterocycles. The fraction of sp³-hybridized carbons (Fsp3) is 0.143. The molecule has 4 nitrogen and oxygen atoms in total. The van der Waals surface area contributed by atoms with Crippen molar-refractivity contribution in [2.45, 2.75) is 0 Å². The van der Waals surface area contributed by atoms with Crippen LogP contribution in [0.5, 0.6) is 11.5 Å². The summed E-state index contributed by atoms with van der Waals surface area (Å²) >= 11 is 0. The molecule has 0 heterocycles. The van der Waals surface area contributed by atoms with Crippen molar-refractivity contribution in [2.24, 2.45) is 0 Å². The topological polar surface area (TPSA) is 58.9 Å². The van der Waals surface area contributed by atoms with Gasteiger partial charge in [-0.2, -0.15) is 4.39 Å². The maximum atomic E-state index is 13.3. The number of rotatable bonds is 6. The quantitative estimate of drug-likeness (QED) is 0.619. The molecule has 2 rings (SSSR count). The summed E-state index contributed by atoms with van der Waals surface area (Å²) in [4.78, 5) is 0. The van der Waals surface area contributed by atoms with Crippen LogP contribution in [-0.4, -0.2) is 30.4 Å². The van der Waals surface area contributed by atoms with Gasteiger partial charge < -0.3 is 19.5 Å². The molecule has 0 fully saturated rings. The molecule has 0 bridgehead atoms. The summed E-state index contributed by atoms with van der Waals surface area (Å²) in [6.07, 6.45) is 0. The molecule has 0 aliphatic heterocycles. The van der Waals surface area contributed by atoms with Gasteiger partial charge in [0.25, 0.3) is 0 Å². The van der Waals surface area contributed by atoms with Crippen LogP contribution in [0.2, 0.25) is 0 Å². The second-order valence-corrected chi connectivity index (χ2v) is 4.20. The van der Waals surface area contributed by atoms with Crippen LogP contribution in [0, 0.1) is 11.6 Å². The normalized spacial score (nSPS) is 10.3. The van der Waals surface area contributed by atoms with E-state index < -0.39 is 18.8 Å². The molecule has 0 aliphatic rings. The molecular formula is C14H13BF2O4. The summed E-state index contributed by atoms with van der Waals surface area (Å²) in [6, 6.07) is 9.92. The van der Waals surface area contributed by atoms with Crippen LogP contribution in [0.25, 0.3) is 0 Å². The van der Waals surface area contributed by atoms with Gasteiger partial charge in [0, 0.05) is 0 Å². The Labute approximate surface area is 120 Å². The predicted octanol–water partition coefficient (Wildman–Crippen LogP) is 1.10. The van der Waals surface area contributed by atoms with E-state index in [0.717, 1.165) is 6.07 Å². The van der Waals surface area contributed by atoms with E-state index in [0.29, 0.717) is 11.2 Å². The third-order valence-corrected chi connectivity index (χ3v) is 2.68. The summed E-state index contributed by atoms with van der Waals surface area (Å²) in [5.74, 6) is -1.78. The third-order valence-electron chi connectivity index (χ3n) is 2.68. The van der Waals surface area contributed by atoms with E-state index >= 15 is 0 Å². The van der Waals surface area contributed by atoms with Crippen LogP contribution < -0.4 is 14.9 Å². The minimum atomic E-state index is -1.58. The summed E-state index contributed by atoms with van der Waals surface area (Å²) in [5.41, 5.74) is 0.296. The molecule has 0 amide bonds. The van der Waals surface area contributed by atoms with E-state index in [-0.39, 0.29) is 19.0 Å². The Morgan fingerprint density at radius 2 is 1.67 bits per heavy atom. The average molecular weight is 294 g/mol. The monoisotopic (exact) mass is 294 g/mol. The van der Waals surface area contributed by atoms with Gasteiger partial charge in [-0.3, -0.25) is 0 Å². The number of hydrogen-bond donors (Lipinski definition) is 2. The van der Waals surface area contributed by atoms with Crippen LogP contribution in [-0.2, 0) is 0 Å². The molecule has 2 aromatic carbocycles. The van der Waals surface area contributed by atoms with Crippen molar-refractivity contribution in [3.63, 3.8) is 0 Å². The first-order valence-electron chi connectivity index (χ1n) is 6.23. The molecule has 7 heteroatoms. The zero-order valence-electron chi connectivity index (χ0n) is 11.0. The van der Waals surface area contributed by atoms with Crippen LogP contribution in [0.3, 0.4) is 0 Å². The Kier molecular flexibility index (Phi) is 5.13. The lowest BCUT2D eigenvalue weighted by molar-refractivity contribution is 0.210. The summed E-state index contributed by atoms with van der Waals surface area (Å²) in [5, 5.41) is 18.0.